The molecule has 0 aliphatic rings. The van der Waals surface area contributed by atoms with Gasteiger partial charge in [-0.15, -0.1) is 0 Å². The van der Waals surface area contributed by atoms with E-state index in [9.17, 15) is 38.4 Å². The van der Waals surface area contributed by atoms with Gasteiger partial charge in [-0.25, -0.2) is 0 Å². The highest BCUT2D eigenvalue weighted by atomic mass is 16.4. The molecule has 0 rings (SSSR count). The van der Waals surface area contributed by atoms with E-state index in [1.807, 2.05) is 27.7 Å². The molecule has 0 radical (unpaired) electrons. The van der Waals surface area contributed by atoms with Crippen LogP contribution in [0.3, 0.4) is 0 Å². The summed E-state index contributed by atoms with van der Waals surface area (Å²) in [7, 11) is 0. The van der Waals surface area contributed by atoms with Crippen LogP contribution in [0.25, 0.3) is 0 Å². The van der Waals surface area contributed by atoms with Crippen molar-refractivity contribution in [2.45, 2.75) is 173 Å². The summed E-state index contributed by atoms with van der Waals surface area (Å²) in [5.41, 5.74) is 20.6. The third-order valence-corrected chi connectivity index (χ3v) is 11.2. The zero-order valence-electron chi connectivity index (χ0n) is 39.0. The summed E-state index contributed by atoms with van der Waals surface area (Å²) in [4.78, 5) is 84.7. The molecule has 0 aromatic carbocycles. The van der Waals surface area contributed by atoms with Crippen molar-refractivity contribution in [3.63, 3.8) is 0 Å². The Bertz CT molecular complexity index is 1060. The van der Waals surface area contributed by atoms with Crippen molar-refractivity contribution in [2.75, 3.05) is 0 Å². The van der Waals surface area contributed by atoms with Gasteiger partial charge in [-0.1, -0.05) is 134 Å². The Balaban J connectivity index is -0.000000212. The molecule has 0 fully saturated rings. The molecule has 12 N–H and O–H groups in total. The number of carboxylic acids is 4. The van der Waals surface area contributed by atoms with Crippen LogP contribution in [0.5, 0.6) is 0 Å². The summed E-state index contributed by atoms with van der Waals surface area (Å²) >= 11 is 0. The Morgan fingerprint density at radius 1 is 0.350 bits per heavy atom. The first-order chi connectivity index (χ1) is 27.7. The molecular formula is C44H86N4O12. The largest absolute Gasteiger partial charge is 0.481 e. The number of rotatable bonds is 27. The predicted octanol–water partition coefficient (Wildman–Crippen LogP) is 7.07. The van der Waals surface area contributed by atoms with E-state index in [-0.39, 0.29) is 47.3 Å². The van der Waals surface area contributed by atoms with E-state index < -0.39 is 48.6 Å². The van der Waals surface area contributed by atoms with Gasteiger partial charge in [-0.05, 0) is 49.4 Å². The molecule has 354 valence electrons. The summed E-state index contributed by atoms with van der Waals surface area (Å²) in [6.07, 6.45) is 11.1. The smallest absolute Gasteiger partial charge is 0.307 e. The highest BCUT2D eigenvalue weighted by Crippen LogP contribution is 2.22. The van der Waals surface area contributed by atoms with Gasteiger partial charge in [0.1, 0.15) is 0 Å². The fraction of sp³-hybridized carbons (Fsp3) is 0.818. The number of nitrogens with two attached hydrogens (primary N) is 4. The second-order valence-corrected chi connectivity index (χ2v) is 16.0. The van der Waals surface area contributed by atoms with Crippen LogP contribution in [-0.2, 0) is 38.4 Å². The topological polar surface area (TPSA) is 322 Å². The maximum Gasteiger partial charge on any atom is 0.307 e. The van der Waals surface area contributed by atoms with Gasteiger partial charge >= 0.3 is 23.9 Å². The number of hydrogen-bond donors (Lipinski definition) is 8. The van der Waals surface area contributed by atoms with Gasteiger partial charge in [-0.3, -0.25) is 38.4 Å². The molecule has 0 aromatic heterocycles. The zero-order chi connectivity index (χ0) is 48.3. The maximum atomic E-state index is 10.7. The Hall–Kier alpha value is -4.24. The Morgan fingerprint density at radius 2 is 0.500 bits per heavy atom. The number of carbonyl (C=O) groups is 8. The van der Waals surface area contributed by atoms with Crippen LogP contribution in [0, 0.1) is 59.2 Å². The SMILES string of the molecule is CCC(CC)CC(C)C(N)=O.CCC(CC)CC(C)C(N)=O.CCC(CC)CC(C)C(N)=O.CCC(CC)CC(C)C(N)=O.O=C(O)CC(C(=O)O)C(CC(=O)O)C(=O)O. The first-order valence-electron chi connectivity index (χ1n) is 21.8. The molecule has 16 nitrogen and oxygen atoms in total. The second-order valence-electron chi connectivity index (χ2n) is 16.0. The summed E-state index contributed by atoms with van der Waals surface area (Å²) in [5, 5.41) is 34.1. The third kappa shape index (κ3) is 36.8. The minimum Gasteiger partial charge on any atom is -0.481 e. The van der Waals surface area contributed by atoms with E-state index in [0.717, 1.165) is 77.0 Å². The van der Waals surface area contributed by atoms with E-state index in [1.165, 1.54) is 0 Å². The van der Waals surface area contributed by atoms with Gasteiger partial charge in [0.25, 0.3) is 0 Å². The van der Waals surface area contributed by atoms with E-state index in [4.69, 9.17) is 43.4 Å². The molecule has 60 heavy (non-hydrogen) atoms. The maximum absolute atomic E-state index is 10.7. The lowest BCUT2D eigenvalue weighted by molar-refractivity contribution is -0.160. The highest BCUT2D eigenvalue weighted by Gasteiger charge is 2.37. The number of aliphatic carboxylic acids is 4. The van der Waals surface area contributed by atoms with Crippen LogP contribution < -0.4 is 22.9 Å². The number of carboxylic acid groups (broad SMARTS) is 4. The van der Waals surface area contributed by atoms with Gasteiger partial charge in [-0.2, -0.15) is 0 Å². The van der Waals surface area contributed by atoms with E-state index in [2.05, 4.69) is 55.4 Å². The fourth-order valence-electron chi connectivity index (χ4n) is 6.13. The van der Waals surface area contributed by atoms with Gasteiger partial charge in [0, 0.05) is 23.7 Å². The Labute approximate surface area is 360 Å². The minimum absolute atomic E-state index is 0.0416. The van der Waals surface area contributed by atoms with E-state index in [0.29, 0.717) is 23.7 Å². The van der Waals surface area contributed by atoms with Gasteiger partial charge < -0.3 is 43.4 Å². The standard InChI is InChI=1S/4C9H19NO.C8H10O8/c4*1-4-8(5-2)6-7(3)9(10)11;9-5(10)1-3(7(13)14)4(8(15)16)2-6(11)12/h4*7-8H,4-6H2,1-3H3,(H2,10,11);3-4H,1-2H2,(H,9,10)(H,11,12)(H,13,14)(H,15,16). The molecule has 0 spiro atoms. The molecule has 16 heteroatoms. The van der Waals surface area contributed by atoms with Crippen molar-refractivity contribution in [3.8, 4) is 0 Å². The van der Waals surface area contributed by atoms with Crippen LogP contribution in [0.15, 0.2) is 0 Å². The molecule has 0 aliphatic carbocycles. The number of amides is 4. The lowest BCUT2D eigenvalue weighted by atomic mass is 9.87. The first kappa shape index (κ1) is 64.9. The predicted molar refractivity (Wildman–Crippen MR) is 235 cm³/mol. The van der Waals surface area contributed by atoms with Crippen LogP contribution in [-0.4, -0.2) is 67.9 Å². The van der Waals surface area contributed by atoms with Crippen LogP contribution in [0.2, 0.25) is 0 Å². The van der Waals surface area contributed by atoms with Crippen molar-refractivity contribution in [1.29, 1.82) is 0 Å². The average Bonchev–Trinajstić information content (AvgIpc) is 3.18. The van der Waals surface area contributed by atoms with Crippen LogP contribution >= 0.6 is 0 Å². The van der Waals surface area contributed by atoms with Crippen molar-refractivity contribution in [1.82, 2.24) is 0 Å². The second kappa shape index (κ2) is 38.9. The fourth-order valence-corrected chi connectivity index (χ4v) is 6.13. The van der Waals surface area contributed by atoms with Crippen molar-refractivity contribution in [2.24, 2.45) is 82.1 Å². The molecule has 0 heterocycles. The minimum atomic E-state index is -1.76. The Morgan fingerprint density at radius 3 is 0.583 bits per heavy atom. The molecular weight excluding hydrogens is 777 g/mol. The molecule has 4 amide bonds. The molecule has 6 atom stereocenters. The summed E-state index contributed by atoms with van der Waals surface area (Å²) < 4.78 is 0. The lowest BCUT2D eigenvalue weighted by Crippen LogP contribution is -2.33. The van der Waals surface area contributed by atoms with Crippen LogP contribution in [0.1, 0.15) is 173 Å². The summed E-state index contributed by atoms with van der Waals surface area (Å²) in [6.45, 7) is 24.9. The number of hydrogen-bond acceptors (Lipinski definition) is 8. The van der Waals surface area contributed by atoms with Gasteiger partial charge in [0.2, 0.25) is 23.6 Å². The van der Waals surface area contributed by atoms with E-state index >= 15 is 0 Å². The average molecular weight is 863 g/mol. The molecule has 0 aromatic rings. The quantitative estimate of drug-likeness (QED) is 0.0411. The van der Waals surface area contributed by atoms with Gasteiger partial charge in [0.15, 0.2) is 0 Å². The summed E-state index contributed by atoms with van der Waals surface area (Å²) in [6, 6.07) is 0. The molecule has 0 saturated heterocycles. The number of carbonyl (C=O) groups excluding carboxylic acids is 4. The molecule has 0 saturated carbocycles. The lowest BCUT2D eigenvalue weighted by Gasteiger charge is -2.16. The number of primary amides is 4. The molecule has 0 aliphatic heterocycles. The van der Waals surface area contributed by atoms with E-state index in [1.54, 1.807) is 0 Å². The molecule has 0 bridgehead atoms. The monoisotopic (exact) mass is 863 g/mol. The van der Waals surface area contributed by atoms with Gasteiger partial charge in [0.05, 0.1) is 24.7 Å². The van der Waals surface area contributed by atoms with Crippen molar-refractivity contribution < 1.29 is 58.8 Å². The highest BCUT2D eigenvalue weighted by molar-refractivity contribution is 5.86. The third-order valence-electron chi connectivity index (χ3n) is 11.2. The summed E-state index contributed by atoms with van der Waals surface area (Å²) in [5.74, 6) is -7.65. The van der Waals surface area contributed by atoms with Crippen LogP contribution in [0.4, 0.5) is 0 Å². The zero-order valence-corrected chi connectivity index (χ0v) is 39.0. The Kier molecular flexibility index (Phi) is 42.1. The molecule has 6 unspecified atom stereocenters. The van der Waals surface area contributed by atoms with Crippen molar-refractivity contribution in [3.05, 3.63) is 0 Å². The van der Waals surface area contributed by atoms with Crippen molar-refractivity contribution >= 4 is 47.5 Å². The first-order valence-corrected chi connectivity index (χ1v) is 21.8. The normalized spacial score (nSPS) is 13.5.